The van der Waals surface area contributed by atoms with Gasteiger partial charge in [-0.25, -0.2) is 0 Å². The molecule has 0 spiro atoms. The van der Waals surface area contributed by atoms with Gasteiger partial charge in [0.05, 0.1) is 7.47 Å². The van der Waals surface area contributed by atoms with Gasteiger partial charge in [-0.05, 0) is 22.3 Å². The van der Waals surface area contributed by atoms with Crippen LogP contribution < -0.4 is 0 Å². The third-order valence-electron chi connectivity index (χ3n) is 4.04. The summed E-state index contributed by atoms with van der Waals surface area (Å²) in [4.78, 5) is 0. The van der Waals surface area contributed by atoms with Crippen molar-refractivity contribution in [2.24, 2.45) is 0 Å². The standard InChI is InChI=1S/C17H10Br4F6/c18-13(19)9-1-5-11(6-2-9)15(16(22,23)24,17(25,26)27)12-7-3-10(4-8-12)14(20)21/h1-8,13-14H. The van der Waals surface area contributed by atoms with E-state index in [0.29, 0.717) is 11.1 Å². The summed E-state index contributed by atoms with van der Waals surface area (Å²) >= 11 is 12.7. The third-order valence-corrected chi connectivity index (χ3v) is 6.16. The second kappa shape index (κ2) is 8.36. The van der Waals surface area contributed by atoms with Crippen LogP contribution in [0.5, 0.6) is 0 Å². The van der Waals surface area contributed by atoms with Crippen molar-refractivity contribution >= 4 is 63.7 Å². The van der Waals surface area contributed by atoms with Crippen molar-refractivity contribution in [3.8, 4) is 0 Å². The van der Waals surface area contributed by atoms with Gasteiger partial charge in [-0.15, -0.1) is 0 Å². The molecule has 0 aliphatic carbocycles. The molecule has 0 amide bonds. The van der Waals surface area contributed by atoms with Gasteiger partial charge in [-0.2, -0.15) is 26.3 Å². The molecule has 27 heavy (non-hydrogen) atoms. The first-order valence-corrected chi connectivity index (χ1v) is 10.9. The molecule has 0 aliphatic heterocycles. The highest BCUT2D eigenvalue weighted by molar-refractivity contribution is 9.24. The maximum absolute atomic E-state index is 14.0. The number of hydrogen-bond acceptors (Lipinski definition) is 0. The lowest BCUT2D eigenvalue weighted by atomic mass is 9.72. The number of hydrogen-bond donors (Lipinski definition) is 0. The van der Waals surface area contributed by atoms with Gasteiger partial charge in [-0.1, -0.05) is 112 Å². The van der Waals surface area contributed by atoms with E-state index in [-0.39, 0.29) is 7.47 Å². The second-order valence-electron chi connectivity index (χ2n) is 5.59. The van der Waals surface area contributed by atoms with Crippen molar-refractivity contribution in [3.63, 3.8) is 0 Å². The molecule has 2 aromatic carbocycles. The Morgan fingerprint density at radius 3 is 0.963 bits per heavy atom. The first-order chi connectivity index (χ1) is 12.3. The lowest BCUT2D eigenvalue weighted by Crippen LogP contribution is -2.54. The van der Waals surface area contributed by atoms with Crippen molar-refractivity contribution in [2.75, 3.05) is 0 Å². The summed E-state index contributed by atoms with van der Waals surface area (Å²) in [5.74, 6) is 0. The predicted molar refractivity (Wildman–Crippen MR) is 107 cm³/mol. The zero-order valence-electron chi connectivity index (χ0n) is 13.1. The Balaban J connectivity index is 2.78. The largest absolute Gasteiger partial charge is 0.411 e. The summed E-state index contributed by atoms with van der Waals surface area (Å²) in [6.07, 6.45) is -11.2. The van der Waals surface area contributed by atoms with Crippen molar-refractivity contribution in [3.05, 3.63) is 70.8 Å². The van der Waals surface area contributed by atoms with Gasteiger partial charge in [0.1, 0.15) is 0 Å². The van der Waals surface area contributed by atoms with E-state index in [4.69, 9.17) is 0 Å². The fourth-order valence-electron chi connectivity index (χ4n) is 2.74. The molecule has 10 heteroatoms. The first-order valence-electron chi connectivity index (χ1n) is 7.23. The Morgan fingerprint density at radius 1 is 0.519 bits per heavy atom. The average Bonchev–Trinajstić information content (AvgIpc) is 2.53. The van der Waals surface area contributed by atoms with E-state index in [0.717, 1.165) is 24.3 Å². The number of halogens is 10. The van der Waals surface area contributed by atoms with Crippen LogP contribution in [0.4, 0.5) is 26.3 Å². The van der Waals surface area contributed by atoms with Gasteiger partial charge < -0.3 is 0 Å². The Morgan fingerprint density at radius 2 is 0.778 bits per heavy atom. The third kappa shape index (κ3) is 4.43. The van der Waals surface area contributed by atoms with Crippen molar-refractivity contribution in [1.82, 2.24) is 0 Å². The number of benzene rings is 2. The second-order valence-corrected chi connectivity index (χ2v) is 11.7. The number of rotatable bonds is 4. The first kappa shape index (κ1) is 23.2. The van der Waals surface area contributed by atoms with Gasteiger partial charge in [0, 0.05) is 0 Å². The van der Waals surface area contributed by atoms with Crippen LogP contribution in [-0.2, 0) is 5.41 Å². The fourth-order valence-corrected chi connectivity index (χ4v) is 3.96. The topological polar surface area (TPSA) is 0 Å². The molecule has 0 aromatic heterocycles. The highest BCUT2D eigenvalue weighted by Crippen LogP contribution is 2.56. The van der Waals surface area contributed by atoms with Gasteiger partial charge in [0.2, 0.25) is 5.41 Å². The molecule has 0 radical (unpaired) electrons. The Kier molecular flexibility index (Phi) is 7.19. The highest BCUT2D eigenvalue weighted by atomic mass is 79.9. The van der Waals surface area contributed by atoms with E-state index in [1.165, 1.54) is 24.3 Å². The van der Waals surface area contributed by atoms with E-state index in [2.05, 4.69) is 63.7 Å². The van der Waals surface area contributed by atoms with E-state index in [9.17, 15) is 26.3 Å². The van der Waals surface area contributed by atoms with Crippen molar-refractivity contribution < 1.29 is 26.3 Å². The average molecular weight is 648 g/mol. The summed E-state index contributed by atoms with van der Waals surface area (Å²) in [6.45, 7) is 0. The normalized spacial score (nSPS) is 13.5. The quantitative estimate of drug-likeness (QED) is 0.230. The summed E-state index contributed by atoms with van der Waals surface area (Å²) in [5.41, 5.74) is -4.94. The van der Waals surface area contributed by atoms with Crippen molar-refractivity contribution in [2.45, 2.75) is 25.2 Å². The molecule has 0 N–H and O–H groups in total. The molecule has 0 saturated carbocycles. The Labute approximate surface area is 185 Å². The lowest BCUT2D eigenvalue weighted by Gasteiger charge is -2.38. The summed E-state index contributed by atoms with van der Waals surface area (Å²) in [6, 6.07) is 8.31. The smallest absolute Gasteiger partial charge is 0.169 e. The zero-order chi connectivity index (χ0) is 20.6. The number of alkyl halides is 10. The molecule has 0 saturated heterocycles. The van der Waals surface area contributed by atoms with Crippen molar-refractivity contribution in [1.29, 1.82) is 0 Å². The Bertz CT molecular complexity index is 696. The van der Waals surface area contributed by atoms with Gasteiger partial charge in [-0.3, -0.25) is 0 Å². The Hall–Kier alpha value is -0.0600. The fraction of sp³-hybridized carbons (Fsp3) is 0.294. The summed E-state index contributed by atoms with van der Waals surface area (Å²) in [5, 5.41) is 0. The highest BCUT2D eigenvalue weighted by Gasteiger charge is 2.72. The molecule has 0 aliphatic rings. The molecule has 0 bridgehead atoms. The van der Waals surface area contributed by atoms with Gasteiger partial charge >= 0.3 is 12.4 Å². The molecular formula is C17H10Br4F6. The van der Waals surface area contributed by atoms with Crippen LogP contribution in [0.3, 0.4) is 0 Å². The van der Waals surface area contributed by atoms with E-state index >= 15 is 0 Å². The molecule has 0 unspecified atom stereocenters. The maximum Gasteiger partial charge on any atom is 0.411 e. The van der Waals surface area contributed by atoms with Crippen LogP contribution >= 0.6 is 63.7 Å². The van der Waals surface area contributed by atoms with Gasteiger partial charge in [0.15, 0.2) is 0 Å². The molecule has 0 atom stereocenters. The van der Waals surface area contributed by atoms with Gasteiger partial charge in [0.25, 0.3) is 0 Å². The van der Waals surface area contributed by atoms with Crippen LogP contribution in [0, 0.1) is 0 Å². The molecular weight excluding hydrogens is 638 g/mol. The minimum atomic E-state index is -5.60. The monoisotopic (exact) mass is 644 g/mol. The molecule has 148 valence electrons. The predicted octanol–water partition coefficient (Wildman–Crippen LogP) is 8.67. The lowest BCUT2D eigenvalue weighted by molar-refractivity contribution is -0.288. The zero-order valence-corrected chi connectivity index (χ0v) is 19.4. The van der Waals surface area contributed by atoms with E-state index < -0.39 is 28.9 Å². The van der Waals surface area contributed by atoms with E-state index in [1.807, 2.05) is 0 Å². The minimum Gasteiger partial charge on any atom is -0.169 e. The maximum atomic E-state index is 14.0. The molecule has 2 rings (SSSR count). The van der Waals surface area contributed by atoms with E-state index in [1.54, 1.807) is 0 Å². The van der Waals surface area contributed by atoms with Crippen LogP contribution in [0.15, 0.2) is 48.5 Å². The molecule has 0 nitrogen and oxygen atoms in total. The van der Waals surface area contributed by atoms with Crippen LogP contribution in [0.1, 0.15) is 29.7 Å². The minimum absolute atomic E-state index is 0.390. The SMILES string of the molecule is FC(F)(F)C(c1ccc(C(Br)Br)cc1)(c1ccc(C(Br)Br)cc1)C(F)(F)F. The van der Waals surface area contributed by atoms with Crippen LogP contribution in [0.25, 0.3) is 0 Å². The van der Waals surface area contributed by atoms with Crippen LogP contribution in [0.2, 0.25) is 0 Å². The molecule has 2 aromatic rings. The van der Waals surface area contributed by atoms with Crippen LogP contribution in [-0.4, -0.2) is 12.4 Å². The summed E-state index contributed by atoms with van der Waals surface area (Å²) < 4.78 is 83.2. The molecule has 0 fully saturated rings. The summed E-state index contributed by atoms with van der Waals surface area (Å²) in [7, 11) is 0. The molecule has 0 heterocycles.